The normalized spacial score (nSPS) is 10.6. The van der Waals surface area contributed by atoms with Crippen LogP contribution in [0.2, 0.25) is 10.0 Å². The lowest BCUT2D eigenvalue weighted by atomic mass is 10.3. The van der Waals surface area contributed by atoms with Crippen molar-refractivity contribution in [1.82, 2.24) is 5.43 Å². The van der Waals surface area contributed by atoms with Gasteiger partial charge in [0.25, 0.3) is 5.91 Å². The van der Waals surface area contributed by atoms with Crippen LogP contribution in [0.5, 0.6) is 0 Å². The molecular formula is C13H12Cl2N2OS2. The van der Waals surface area contributed by atoms with E-state index in [9.17, 15) is 4.79 Å². The molecule has 1 amide bonds. The van der Waals surface area contributed by atoms with E-state index in [4.69, 9.17) is 29.0 Å². The fourth-order valence-corrected chi connectivity index (χ4v) is 3.96. The summed E-state index contributed by atoms with van der Waals surface area (Å²) in [6.45, 7) is 1.99. The number of nitrogens with two attached hydrogens (primary N) is 1. The first-order chi connectivity index (χ1) is 9.51. The minimum atomic E-state index is -0.260. The van der Waals surface area contributed by atoms with E-state index < -0.39 is 0 Å². The van der Waals surface area contributed by atoms with E-state index in [0.29, 0.717) is 14.9 Å². The summed E-state index contributed by atoms with van der Waals surface area (Å²) in [5.74, 6) is 5.64. The number of carbonyl (C=O) groups excluding carboxylic acids is 1. The van der Waals surface area contributed by atoms with Crippen LogP contribution in [-0.2, 0) is 5.75 Å². The highest BCUT2D eigenvalue weighted by Gasteiger charge is 2.11. The summed E-state index contributed by atoms with van der Waals surface area (Å²) in [5.41, 5.74) is 3.26. The Morgan fingerprint density at radius 1 is 1.35 bits per heavy atom. The molecule has 0 aliphatic rings. The van der Waals surface area contributed by atoms with Crippen molar-refractivity contribution in [3.63, 3.8) is 0 Å². The van der Waals surface area contributed by atoms with Crippen LogP contribution in [0.4, 0.5) is 0 Å². The lowest BCUT2D eigenvalue weighted by molar-refractivity contribution is 0.0957. The second-order valence-corrected chi connectivity index (χ2v) is 7.15. The Labute approximate surface area is 135 Å². The van der Waals surface area contributed by atoms with Crippen LogP contribution < -0.4 is 11.3 Å². The van der Waals surface area contributed by atoms with Crippen LogP contribution in [0.25, 0.3) is 0 Å². The zero-order chi connectivity index (χ0) is 14.7. The minimum Gasteiger partial charge on any atom is -0.289 e. The average Bonchev–Trinajstić information content (AvgIpc) is 2.80. The molecule has 1 aromatic heterocycles. The molecule has 1 aromatic carbocycles. The lowest BCUT2D eigenvalue weighted by Crippen LogP contribution is -2.29. The van der Waals surface area contributed by atoms with Gasteiger partial charge >= 0.3 is 0 Å². The number of thiophene rings is 1. The van der Waals surface area contributed by atoms with E-state index in [1.54, 1.807) is 17.8 Å². The Bertz CT molecular complexity index is 643. The number of halogens is 2. The van der Waals surface area contributed by atoms with Crippen LogP contribution >= 0.6 is 46.3 Å². The molecule has 3 nitrogen and oxygen atoms in total. The Morgan fingerprint density at radius 2 is 2.10 bits per heavy atom. The van der Waals surface area contributed by atoms with Crippen molar-refractivity contribution in [3.8, 4) is 0 Å². The van der Waals surface area contributed by atoms with Crippen molar-refractivity contribution in [2.45, 2.75) is 17.6 Å². The summed E-state index contributed by atoms with van der Waals surface area (Å²) in [6, 6.07) is 7.41. The molecule has 7 heteroatoms. The molecule has 2 rings (SSSR count). The highest BCUT2D eigenvalue weighted by atomic mass is 35.5. The van der Waals surface area contributed by atoms with E-state index in [2.05, 4.69) is 5.43 Å². The third kappa shape index (κ3) is 3.68. The number of rotatable bonds is 4. The summed E-state index contributed by atoms with van der Waals surface area (Å²) in [5, 5.41) is 1.09. The Morgan fingerprint density at radius 3 is 2.75 bits per heavy atom. The number of carbonyl (C=O) groups is 1. The highest BCUT2D eigenvalue weighted by Crippen LogP contribution is 2.32. The fourth-order valence-electron chi connectivity index (χ4n) is 1.57. The minimum absolute atomic E-state index is 0.260. The first-order valence-electron chi connectivity index (χ1n) is 5.69. The van der Waals surface area contributed by atoms with Gasteiger partial charge in [-0.2, -0.15) is 0 Å². The zero-order valence-electron chi connectivity index (χ0n) is 10.6. The smallest absolute Gasteiger partial charge is 0.275 e. The van der Waals surface area contributed by atoms with E-state index in [1.807, 2.05) is 25.1 Å². The van der Waals surface area contributed by atoms with Crippen molar-refractivity contribution in [2.75, 3.05) is 0 Å². The quantitative estimate of drug-likeness (QED) is 0.376. The Balaban J connectivity index is 2.08. The van der Waals surface area contributed by atoms with Gasteiger partial charge in [0.15, 0.2) is 0 Å². The molecule has 0 saturated heterocycles. The zero-order valence-corrected chi connectivity index (χ0v) is 13.7. The SMILES string of the molecule is Cc1sc(C(=O)NN)cc1CSc1ccc(Cl)c(Cl)c1. The molecule has 1 heterocycles. The van der Waals surface area contributed by atoms with E-state index >= 15 is 0 Å². The average molecular weight is 347 g/mol. The maximum atomic E-state index is 11.5. The molecule has 0 aliphatic heterocycles. The summed E-state index contributed by atoms with van der Waals surface area (Å²) in [6.07, 6.45) is 0. The number of nitrogens with one attached hydrogen (secondary N) is 1. The Hall–Kier alpha value is -0.720. The number of hydrogen-bond donors (Lipinski definition) is 2. The summed E-state index contributed by atoms with van der Waals surface area (Å²) in [4.78, 5) is 14.2. The first-order valence-corrected chi connectivity index (χ1v) is 8.25. The molecule has 2 aromatic rings. The Kier molecular flexibility index (Phi) is 5.35. The lowest BCUT2D eigenvalue weighted by Gasteiger charge is -2.03. The van der Waals surface area contributed by atoms with Crippen LogP contribution in [0.3, 0.4) is 0 Å². The fraction of sp³-hybridized carbons (Fsp3) is 0.154. The molecule has 20 heavy (non-hydrogen) atoms. The predicted octanol–water partition coefficient (Wildman–Crippen LogP) is 4.26. The van der Waals surface area contributed by atoms with Gasteiger partial charge in [-0.1, -0.05) is 23.2 Å². The molecular weight excluding hydrogens is 335 g/mol. The summed E-state index contributed by atoms with van der Waals surface area (Å²) < 4.78 is 0. The standard InChI is InChI=1S/C13H12Cl2N2OS2/c1-7-8(4-12(20-7)13(18)17-16)6-19-9-2-3-10(14)11(15)5-9/h2-5H,6,16H2,1H3,(H,17,18). The predicted molar refractivity (Wildman–Crippen MR) is 86.7 cm³/mol. The van der Waals surface area contributed by atoms with Gasteiger partial charge in [-0.25, -0.2) is 5.84 Å². The van der Waals surface area contributed by atoms with Gasteiger partial charge in [0, 0.05) is 15.5 Å². The second-order valence-electron chi connectivity index (χ2n) is 4.03. The number of nitrogen functional groups attached to an aromatic ring is 1. The molecule has 0 radical (unpaired) electrons. The van der Waals surface area contributed by atoms with Crippen molar-refractivity contribution in [1.29, 1.82) is 0 Å². The van der Waals surface area contributed by atoms with Crippen LogP contribution in [0.1, 0.15) is 20.1 Å². The highest BCUT2D eigenvalue weighted by molar-refractivity contribution is 7.98. The molecule has 3 N–H and O–H groups in total. The molecule has 0 aliphatic carbocycles. The summed E-state index contributed by atoms with van der Waals surface area (Å²) in [7, 11) is 0. The van der Waals surface area contributed by atoms with Gasteiger partial charge in [-0.3, -0.25) is 10.2 Å². The number of aryl methyl sites for hydroxylation is 1. The van der Waals surface area contributed by atoms with Crippen molar-refractivity contribution in [2.24, 2.45) is 5.84 Å². The van der Waals surface area contributed by atoms with Gasteiger partial charge < -0.3 is 0 Å². The van der Waals surface area contributed by atoms with Crippen LogP contribution in [0, 0.1) is 6.92 Å². The van der Waals surface area contributed by atoms with Gasteiger partial charge in [-0.15, -0.1) is 23.1 Å². The topological polar surface area (TPSA) is 55.1 Å². The largest absolute Gasteiger partial charge is 0.289 e. The van der Waals surface area contributed by atoms with E-state index in [0.717, 1.165) is 21.1 Å². The molecule has 0 atom stereocenters. The van der Waals surface area contributed by atoms with Crippen molar-refractivity contribution >= 4 is 52.2 Å². The third-order valence-electron chi connectivity index (χ3n) is 2.66. The molecule has 0 unspecified atom stereocenters. The third-order valence-corrected chi connectivity index (χ3v) is 5.53. The molecule has 0 fully saturated rings. The molecule has 0 saturated carbocycles. The maximum absolute atomic E-state index is 11.5. The first kappa shape index (κ1) is 15.7. The second kappa shape index (κ2) is 6.83. The van der Waals surface area contributed by atoms with Crippen molar-refractivity contribution < 1.29 is 4.79 Å². The van der Waals surface area contributed by atoms with E-state index in [1.165, 1.54) is 11.3 Å². The molecule has 106 valence electrons. The van der Waals surface area contributed by atoms with Gasteiger partial charge in [-0.05, 0) is 36.8 Å². The number of benzene rings is 1. The maximum Gasteiger partial charge on any atom is 0.275 e. The van der Waals surface area contributed by atoms with E-state index in [-0.39, 0.29) is 5.91 Å². The van der Waals surface area contributed by atoms with Gasteiger partial charge in [0.1, 0.15) is 0 Å². The van der Waals surface area contributed by atoms with Crippen LogP contribution in [-0.4, -0.2) is 5.91 Å². The number of thioether (sulfide) groups is 1. The van der Waals surface area contributed by atoms with Gasteiger partial charge in [0.05, 0.1) is 14.9 Å². The molecule has 0 bridgehead atoms. The summed E-state index contributed by atoms with van der Waals surface area (Å²) >= 11 is 14.9. The molecule has 0 spiro atoms. The number of hydrogen-bond acceptors (Lipinski definition) is 4. The monoisotopic (exact) mass is 346 g/mol. The number of amides is 1. The van der Waals surface area contributed by atoms with Gasteiger partial charge in [0.2, 0.25) is 0 Å². The van der Waals surface area contributed by atoms with Crippen LogP contribution in [0.15, 0.2) is 29.2 Å². The number of hydrazine groups is 1. The van der Waals surface area contributed by atoms with Crippen molar-refractivity contribution in [3.05, 3.63) is 49.6 Å².